The van der Waals surface area contributed by atoms with Gasteiger partial charge in [-0.3, -0.25) is 0 Å². The zero-order chi connectivity index (χ0) is 11.5. The molecule has 0 radical (unpaired) electrons. The highest BCUT2D eigenvalue weighted by Crippen LogP contribution is 2.29. The van der Waals surface area contributed by atoms with Crippen molar-refractivity contribution in [2.24, 2.45) is 0 Å². The van der Waals surface area contributed by atoms with Crippen LogP contribution in [0.2, 0.25) is 0 Å². The maximum atomic E-state index is 5.59. The Labute approximate surface area is 102 Å². The lowest BCUT2D eigenvalue weighted by atomic mass is 10.2. The molecule has 0 saturated heterocycles. The molecule has 0 N–H and O–H groups in total. The lowest BCUT2D eigenvalue weighted by molar-refractivity contribution is 0.492. The smallest absolute Gasteiger partial charge is 0.251 e. The van der Waals surface area contributed by atoms with Gasteiger partial charge in [0.1, 0.15) is 5.76 Å². The Morgan fingerprint density at radius 1 is 1.38 bits per heavy atom. The molecule has 0 amide bonds. The highest BCUT2D eigenvalue weighted by Gasteiger charge is 2.17. The molecule has 1 atom stereocenters. The second-order valence-corrected chi connectivity index (χ2v) is 4.54. The molecule has 86 valence electrons. The van der Waals surface area contributed by atoms with Crippen LogP contribution in [0.15, 0.2) is 21.2 Å². The zero-order valence-electron chi connectivity index (χ0n) is 9.24. The molecule has 2 heterocycles. The Morgan fingerprint density at radius 2 is 2.19 bits per heavy atom. The van der Waals surface area contributed by atoms with Gasteiger partial charge in [0.05, 0.1) is 16.7 Å². The molecule has 0 saturated carbocycles. The van der Waals surface area contributed by atoms with Gasteiger partial charge in [-0.15, -0.1) is 10.2 Å². The summed E-state index contributed by atoms with van der Waals surface area (Å²) in [6.07, 6.45) is 3.36. The summed E-state index contributed by atoms with van der Waals surface area (Å²) in [5.74, 6) is 2.01. The number of furan rings is 1. The van der Waals surface area contributed by atoms with Gasteiger partial charge in [0.25, 0.3) is 5.89 Å². The average molecular weight is 285 g/mol. The van der Waals surface area contributed by atoms with Gasteiger partial charge in [-0.25, -0.2) is 0 Å². The molecule has 0 aromatic carbocycles. The Bertz CT molecular complexity index is 464. The number of aryl methyl sites for hydroxylation is 1. The van der Waals surface area contributed by atoms with Crippen molar-refractivity contribution in [2.45, 2.75) is 31.5 Å². The molecule has 2 rings (SSSR count). The molecular weight excluding hydrogens is 272 g/mol. The molecule has 4 nitrogen and oxygen atoms in total. The molecule has 2 aromatic heterocycles. The van der Waals surface area contributed by atoms with E-state index in [1.54, 1.807) is 6.26 Å². The van der Waals surface area contributed by atoms with E-state index in [-0.39, 0.29) is 4.83 Å². The van der Waals surface area contributed by atoms with Crippen molar-refractivity contribution in [1.29, 1.82) is 0 Å². The number of hydrogen-bond acceptors (Lipinski definition) is 4. The second kappa shape index (κ2) is 4.82. The van der Waals surface area contributed by atoms with Crippen LogP contribution in [0.5, 0.6) is 0 Å². The lowest BCUT2D eigenvalue weighted by Gasteiger charge is -1.98. The summed E-state index contributed by atoms with van der Waals surface area (Å²) in [6.45, 7) is 4.08. The molecule has 2 aromatic rings. The fourth-order valence-corrected chi connectivity index (χ4v) is 1.63. The maximum Gasteiger partial charge on any atom is 0.251 e. The first-order chi connectivity index (χ1) is 7.76. The van der Waals surface area contributed by atoms with Crippen LogP contribution in [0.1, 0.15) is 36.7 Å². The number of rotatable bonds is 4. The molecule has 0 fully saturated rings. The topological polar surface area (TPSA) is 52.1 Å². The van der Waals surface area contributed by atoms with Crippen LogP contribution in [-0.2, 0) is 6.42 Å². The third-order valence-electron chi connectivity index (χ3n) is 2.36. The van der Waals surface area contributed by atoms with Crippen LogP contribution in [0, 0.1) is 0 Å². The van der Waals surface area contributed by atoms with Gasteiger partial charge >= 0.3 is 0 Å². The van der Waals surface area contributed by atoms with Crippen LogP contribution in [-0.4, -0.2) is 10.2 Å². The van der Waals surface area contributed by atoms with E-state index in [1.807, 2.05) is 13.0 Å². The van der Waals surface area contributed by atoms with Crippen molar-refractivity contribution in [3.63, 3.8) is 0 Å². The van der Waals surface area contributed by atoms with Crippen molar-refractivity contribution in [2.75, 3.05) is 0 Å². The Hall–Kier alpha value is -1.10. The summed E-state index contributed by atoms with van der Waals surface area (Å²) in [7, 11) is 0. The minimum Gasteiger partial charge on any atom is -0.469 e. The number of alkyl halides is 1. The van der Waals surface area contributed by atoms with Gasteiger partial charge in [0.15, 0.2) is 0 Å². The second-order valence-electron chi connectivity index (χ2n) is 3.43. The Morgan fingerprint density at radius 3 is 2.88 bits per heavy atom. The van der Waals surface area contributed by atoms with Crippen LogP contribution in [0.3, 0.4) is 0 Å². The summed E-state index contributed by atoms with van der Waals surface area (Å²) in [6, 6.07) is 1.85. The van der Waals surface area contributed by atoms with Crippen molar-refractivity contribution < 1.29 is 8.83 Å². The molecule has 5 heteroatoms. The van der Waals surface area contributed by atoms with Gasteiger partial charge in [-0.2, -0.15) is 0 Å². The SMILES string of the molecule is CCc1occc1-c1nnc(C(Br)CC)o1. The lowest BCUT2D eigenvalue weighted by Crippen LogP contribution is -1.86. The largest absolute Gasteiger partial charge is 0.469 e. The molecule has 0 aliphatic heterocycles. The van der Waals surface area contributed by atoms with Crippen molar-refractivity contribution in [3.8, 4) is 11.5 Å². The summed E-state index contributed by atoms with van der Waals surface area (Å²) in [5, 5.41) is 8.04. The quantitative estimate of drug-likeness (QED) is 0.803. The number of nitrogens with zero attached hydrogens (tertiary/aromatic N) is 2. The van der Waals surface area contributed by atoms with E-state index >= 15 is 0 Å². The third kappa shape index (κ3) is 2.04. The first kappa shape index (κ1) is 11.4. The predicted octanol–water partition coefficient (Wildman–Crippen LogP) is 3.74. The first-order valence-electron chi connectivity index (χ1n) is 5.30. The number of halogens is 1. The minimum atomic E-state index is 0.116. The third-order valence-corrected chi connectivity index (χ3v) is 3.40. The monoisotopic (exact) mass is 284 g/mol. The summed E-state index contributed by atoms with van der Waals surface area (Å²) >= 11 is 3.48. The normalized spacial score (nSPS) is 12.9. The van der Waals surface area contributed by atoms with Crippen LogP contribution in [0.25, 0.3) is 11.5 Å². The van der Waals surface area contributed by atoms with Crippen LogP contribution >= 0.6 is 15.9 Å². The standard InChI is InChI=1S/C11H13BrN2O2/c1-3-8(12)11-14-13-10(16-11)7-5-6-15-9(7)4-2/h5-6,8H,3-4H2,1-2H3. The van der Waals surface area contributed by atoms with Gasteiger partial charge in [0.2, 0.25) is 5.89 Å². The first-order valence-corrected chi connectivity index (χ1v) is 6.22. The van der Waals surface area contributed by atoms with Crippen molar-refractivity contribution in [1.82, 2.24) is 10.2 Å². The summed E-state index contributed by atoms with van der Waals surface area (Å²) in [5.41, 5.74) is 0.886. The molecule has 0 aliphatic carbocycles. The van der Waals surface area contributed by atoms with E-state index in [4.69, 9.17) is 8.83 Å². The van der Waals surface area contributed by atoms with Crippen LogP contribution < -0.4 is 0 Å². The Balaban J connectivity index is 2.31. The minimum absolute atomic E-state index is 0.116. The van der Waals surface area contributed by atoms with E-state index in [1.165, 1.54) is 0 Å². The molecule has 1 unspecified atom stereocenters. The van der Waals surface area contributed by atoms with Crippen molar-refractivity contribution in [3.05, 3.63) is 24.0 Å². The van der Waals surface area contributed by atoms with E-state index in [0.717, 1.165) is 24.2 Å². The molecule has 0 spiro atoms. The van der Waals surface area contributed by atoms with E-state index in [0.29, 0.717) is 11.8 Å². The Kier molecular flexibility index (Phi) is 3.43. The van der Waals surface area contributed by atoms with Crippen LogP contribution in [0.4, 0.5) is 0 Å². The van der Waals surface area contributed by atoms with E-state index < -0.39 is 0 Å². The zero-order valence-corrected chi connectivity index (χ0v) is 10.8. The molecule has 0 aliphatic rings. The van der Waals surface area contributed by atoms with Gasteiger partial charge in [0, 0.05) is 6.42 Å². The maximum absolute atomic E-state index is 5.59. The summed E-state index contributed by atoms with van der Waals surface area (Å²) in [4.78, 5) is 0.116. The number of hydrogen-bond donors (Lipinski definition) is 0. The van der Waals surface area contributed by atoms with Gasteiger partial charge in [-0.1, -0.05) is 29.8 Å². The average Bonchev–Trinajstić information content (AvgIpc) is 2.95. The molecule has 0 bridgehead atoms. The predicted molar refractivity (Wildman–Crippen MR) is 63.3 cm³/mol. The molecule has 16 heavy (non-hydrogen) atoms. The highest BCUT2D eigenvalue weighted by atomic mass is 79.9. The van der Waals surface area contributed by atoms with E-state index in [2.05, 4.69) is 33.1 Å². The highest BCUT2D eigenvalue weighted by molar-refractivity contribution is 9.09. The van der Waals surface area contributed by atoms with E-state index in [9.17, 15) is 0 Å². The van der Waals surface area contributed by atoms with Gasteiger partial charge in [-0.05, 0) is 12.5 Å². The summed E-state index contributed by atoms with van der Waals surface area (Å²) < 4.78 is 10.9. The van der Waals surface area contributed by atoms with Crippen molar-refractivity contribution >= 4 is 15.9 Å². The fourth-order valence-electron chi connectivity index (χ4n) is 1.45. The fraction of sp³-hybridized carbons (Fsp3) is 0.455. The molecular formula is C11H13BrN2O2. The van der Waals surface area contributed by atoms with Gasteiger partial charge < -0.3 is 8.83 Å². The number of aromatic nitrogens is 2.